The standard InChI is InChI=1S/C25H34N6O/c1-16-9-11-30(12-10-16)23(24-27-28-29-31(24)19-7-5-4-6-8-19)21-15-20-18(3)13-17(2)14-22(20)26-25(21)32/h13-16,19,23H,4-12H2,1-3H3,(H,26,32)/t23-/m0/s1. The molecule has 0 spiro atoms. The number of tetrazole rings is 1. The summed E-state index contributed by atoms with van der Waals surface area (Å²) in [5, 5.41) is 14.2. The second-order valence-corrected chi connectivity index (χ2v) is 9.99. The molecule has 2 aliphatic rings. The molecule has 2 fully saturated rings. The zero-order valence-corrected chi connectivity index (χ0v) is 19.5. The number of nitrogens with zero attached hydrogens (tertiary/aromatic N) is 5. The van der Waals surface area contributed by atoms with Gasteiger partial charge in [-0.2, -0.15) is 0 Å². The Morgan fingerprint density at radius 2 is 1.78 bits per heavy atom. The van der Waals surface area contributed by atoms with Crippen molar-refractivity contribution in [2.24, 2.45) is 5.92 Å². The summed E-state index contributed by atoms with van der Waals surface area (Å²) in [5.41, 5.74) is 3.95. The van der Waals surface area contributed by atoms with Crippen LogP contribution in [0.4, 0.5) is 0 Å². The predicted molar refractivity (Wildman–Crippen MR) is 126 cm³/mol. The largest absolute Gasteiger partial charge is 0.322 e. The van der Waals surface area contributed by atoms with Crippen LogP contribution < -0.4 is 5.56 Å². The number of aromatic amines is 1. The molecule has 1 saturated carbocycles. The summed E-state index contributed by atoms with van der Waals surface area (Å²) in [5.74, 6) is 1.53. The fraction of sp³-hybridized carbons (Fsp3) is 0.600. The maximum Gasteiger partial charge on any atom is 0.253 e. The van der Waals surface area contributed by atoms with Crippen molar-refractivity contribution in [3.05, 3.63) is 51.1 Å². The van der Waals surface area contributed by atoms with Crippen LogP contribution in [-0.2, 0) is 0 Å². The van der Waals surface area contributed by atoms with E-state index in [9.17, 15) is 4.79 Å². The lowest BCUT2D eigenvalue weighted by Gasteiger charge is -2.36. The highest BCUT2D eigenvalue weighted by molar-refractivity contribution is 5.83. The minimum atomic E-state index is -0.228. The number of fused-ring (bicyclic) bond motifs is 1. The molecule has 0 amide bonds. The Bertz CT molecular complexity index is 1150. The van der Waals surface area contributed by atoms with Gasteiger partial charge < -0.3 is 4.98 Å². The minimum Gasteiger partial charge on any atom is -0.322 e. The van der Waals surface area contributed by atoms with E-state index in [1.165, 1.54) is 24.8 Å². The maximum absolute atomic E-state index is 13.4. The highest BCUT2D eigenvalue weighted by Gasteiger charge is 2.34. The van der Waals surface area contributed by atoms with Gasteiger partial charge in [-0.05, 0) is 92.2 Å². The Labute approximate surface area is 189 Å². The van der Waals surface area contributed by atoms with Gasteiger partial charge in [-0.25, -0.2) is 4.68 Å². The minimum absolute atomic E-state index is 0.0377. The molecule has 3 heterocycles. The first kappa shape index (κ1) is 21.3. The maximum atomic E-state index is 13.4. The summed E-state index contributed by atoms with van der Waals surface area (Å²) in [4.78, 5) is 19.0. The lowest BCUT2D eigenvalue weighted by Crippen LogP contribution is -2.40. The molecule has 0 radical (unpaired) electrons. The first-order valence-electron chi connectivity index (χ1n) is 12.2. The zero-order chi connectivity index (χ0) is 22.2. The molecule has 7 nitrogen and oxygen atoms in total. The van der Waals surface area contributed by atoms with E-state index in [2.05, 4.69) is 64.4 Å². The molecule has 1 N–H and O–H groups in total. The van der Waals surface area contributed by atoms with Crippen LogP contribution in [-0.4, -0.2) is 43.2 Å². The molecular weight excluding hydrogens is 400 g/mol. The van der Waals surface area contributed by atoms with E-state index >= 15 is 0 Å². The average Bonchev–Trinajstić information content (AvgIpc) is 3.26. The molecule has 0 bridgehead atoms. The third-order valence-corrected chi connectivity index (χ3v) is 7.50. The van der Waals surface area contributed by atoms with Crippen LogP contribution in [0.3, 0.4) is 0 Å². The van der Waals surface area contributed by atoms with Crippen molar-refractivity contribution in [3.63, 3.8) is 0 Å². The molecule has 3 aromatic rings. The molecule has 170 valence electrons. The number of aromatic nitrogens is 5. The van der Waals surface area contributed by atoms with Gasteiger partial charge in [0.15, 0.2) is 5.82 Å². The Kier molecular flexibility index (Phi) is 5.84. The van der Waals surface area contributed by atoms with Gasteiger partial charge in [0.05, 0.1) is 6.04 Å². The zero-order valence-electron chi connectivity index (χ0n) is 19.5. The molecular formula is C25H34N6O. The summed E-state index contributed by atoms with van der Waals surface area (Å²) < 4.78 is 2.04. The quantitative estimate of drug-likeness (QED) is 0.656. The summed E-state index contributed by atoms with van der Waals surface area (Å²) >= 11 is 0. The summed E-state index contributed by atoms with van der Waals surface area (Å²) in [6.07, 6.45) is 8.18. The van der Waals surface area contributed by atoms with Gasteiger partial charge >= 0.3 is 0 Å². The molecule has 0 unspecified atom stereocenters. The molecule has 1 aliphatic heterocycles. The van der Waals surface area contributed by atoms with Gasteiger partial charge in [-0.15, -0.1) is 5.10 Å². The summed E-state index contributed by atoms with van der Waals surface area (Å²) in [6.45, 7) is 8.39. The van der Waals surface area contributed by atoms with Crippen molar-refractivity contribution >= 4 is 10.9 Å². The second-order valence-electron chi connectivity index (χ2n) is 9.99. The fourth-order valence-corrected chi connectivity index (χ4v) is 5.64. The Morgan fingerprint density at radius 1 is 1.03 bits per heavy atom. The SMILES string of the molecule is Cc1cc(C)c2cc([C@@H](c3nnnn3C3CCCCC3)N3CCC(C)CC3)c(=O)[nH]c2c1. The number of aryl methyl sites for hydroxylation is 2. The topological polar surface area (TPSA) is 79.7 Å². The number of H-pyrrole nitrogens is 1. The molecule has 1 aromatic carbocycles. The molecule has 1 atom stereocenters. The van der Waals surface area contributed by atoms with Crippen molar-refractivity contribution in [2.45, 2.75) is 77.8 Å². The van der Waals surface area contributed by atoms with Crippen molar-refractivity contribution in [1.29, 1.82) is 0 Å². The van der Waals surface area contributed by atoms with E-state index < -0.39 is 0 Å². The smallest absolute Gasteiger partial charge is 0.253 e. The van der Waals surface area contributed by atoms with E-state index in [1.807, 2.05) is 4.68 Å². The number of hydrogen-bond acceptors (Lipinski definition) is 5. The van der Waals surface area contributed by atoms with Crippen molar-refractivity contribution in [3.8, 4) is 0 Å². The normalized spacial score (nSPS) is 20.1. The number of pyridine rings is 1. The third kappa shape index (κ3) is 3.98. The second kappa shape index (κ2) is 8.77. The number of piperidine rings is 1. The van der Waals surface area contributed by atoms with Gasteiger partial charge in [0.25, 0.3) is 5.56 Å². The van der Waals surface area contributed by atoms with Crippen LogP contribution in [0.2, 0.25) is 0 Å². The Hall–Kier alpha value is -2.54. The molecule has 1 saturated heterocycles. The van der Waals surface area contributed by atoms with Gasteiger partial charge in [0.2, 0.25) is 0 Å². The van der Waals surface area contributed by atoms with Gasteiger partial charge in [0.1, 0.15) is 6.04 Å². The summed E-state index contributed by atoms with van der Waals surface area (Å²) in [7, 11) is 0. The molecule has 7 heteroatoms. The number of hydrogen-bond donors (Lipinski definition) is 1. The number of nitrogens with one attached hydrogen (secondary N) is 1. The van der Waals surface area contributed by atoms with E-state index in [-0.39, 0.29) is 11.6 Å². The highest BCUT2D eigenvalue weighted by Crippen LogP contribution is 2.35. The van der Waals surface area contributed by atoms with Gasteiger partial charge in [0, 0.05) is 16.5 Å². The average molecular weight is 435 g/mol. The third-order valence-electron chi connectivity index (χ3n) is 7.50. The number of likely N-dealkylation sites (tertiary alicyclic amines) is 1. The van der Waals surface area contributed by atoms with Crippen molar-refractivity contribution in [1.82, 2.24) is 30.1 Å². The summed E-state index contributed by atoms with van der Waals surface area (Å²) in [6, 6.07) is 6.41. The predicted octanol–water partition coefficient (Wildman–Crippen LogP) is 4.46. The number of benzene rings is 1. The monoisotopic (exact) mass is 434 g/mol. The molecule has 2 aromatic heterocycles. The fourth-order valence-electron chi connectivity index (χ4n) is 5.64. The van der Waals surface area contributed by atoms with Crippen molar-refractivity contribution < 1.29 is 0 Å². The van der Waals surface area contributed by atoms with E-state index in [1.54, 1.807) is 0 Å². The van der Waals surface area contributed by atoms with Crippen LogP contribution in [0.1, 0.15) is 86.5 Å². The molecule has 1 aliphatic carbocycles. The van der Waals surface area contributed by atoms with Crippen LogP contribution in [0.15, 0.2) is 23.0 Å². The number of rotatable bonds is 4. The lowest BCUT2D eigenvalue weighted by atomic mass is 9.93. The van der Waals surface area contributed by atoms with Crippen LogP contribution in [0, 0.1) is 19.8 Å². The van der Waals surface area contributed by atoms with Crippen LogP contribution >= 0.6 is 0 Å². The van der Waals surface area contributed by atoms with Crippen LogP contribution in [0.5, 0.6) is 0 Å². The lowest BCUT2D eigenvalue weighted by molar-refractivity contribution is 0.146. The Balaban J connectivity index is 1.64. The Morgan fingerprint density at radius 3 is 2.53 bits per heavy atom. The van der Waals surface area contributed by atoms with Crippen LogP contribution in [0.25, 0.3) is 10.9 Å². The van der Waals surface area contributed by atoms with Gasteiger partial charge in [-0.1, -0.05) is 32.3 Å². The van der Waals surface area contributed by atoms with E-state index in [0.717, 1.165) is 66.6 Å². The molecule has 5 rings (SSSR count). The first-order chi connectivity index (χ1) is 15.5. The van der Waals surface area contributed by atoms with Crippen molar-refractivity contribution in [2.75, 3.05) is 13.1 Å². The van der Waals surface area contributed by atoms with E-state index in [0.29, 0.717) is 12.0 Å². The highest BCUT2D eigenvalue weighted by atomic mass is 16.1. The first-order valence-corrected chi connectivity index (χ1v) is 12.2. The van der Waals surface area contributed by atoms with Gasteiger partial charge in [-0.3, -0.25) is 9.69 Å². The molecule has 32 heavy (non-hydrogen) atoms. The van der Waals surface area contributed by atoms with E-state index in [4.69, 9.17) is 0 Å².